The molecular formula is C22H25NO6Y-2. The smallest absolute Gasteiger partial charge is 0.220 e. The zero-order chi connectivity index (χ0) is 21.5. The maximum absolute atomic E-state index is 12.0. The van der Waals surface area contributed by atoms with Crippen LogP contribution in [0.3, 0.4) is 0 Å². The van der Waals surface area contributed by atoms with Crippen molar-refractivity contribution in [2.45, 2.75) is 38.6 Å². The van der Waals surface area contributed by atoms with Crippen molar-refractivity contribution in [2.75, 3.05) is 7.11 Å². The van der Waals surface area contributed by atoms with Crippen molar-refractivity contribution in [1.82, 2.24) is 5.32 Å². The Bertz CT molecular complexity index is 749. The molecule has 0 aromatic heterocycles. The van der Waals surface area contributed by atoms with E-state index < -0.39 is 0 Å². The summed E-state index contributed by atoms with van der Waals surface area (Å²) in [5.74, 6) is 0.714. The number of amides is 1. The molecule has 159 valence electrons. The fourth-order valence-corrected chi connectivity index (χ4v) is 2.50. The van der Waals surface area contributed by atoms with Gasteiger partial charge in [0.05, 0.1) is 0 Å². The van der Waals surface area contributed by atoms with Crippen molar-refractivity contribution in [3.05, 3.63) is 59.7 Å². The number of hydrogen-bond acceptors (Lipinski definition) is 6. The number of methoxy groups -OCH3 is 1. The molecule has 1 unspecified atom stereocenters. The molecule has 1 atom stereocenters. The first kappa shape index (κ1) is 27.8. The number of phenolic OH excluding ortho intramolecular Hbond substituents is 1. The second kappa shape index (κ2) is 16.5. The maximum Gasteiger partial charge on any atom is 0.220 e. The van der Waals surface area contributed by atoms with Gasteiger partial charge in [-0.25, -0.2) is 0 Å². The number of aromatic hydroxyl groups is 1. The summed E-state index contributed by atoms with van der Waals surface area (Å²) in [6.07, 6.45) is 2.72. The first-order valence-corrected chi connectivity index (χ1v) is 9.08. The minimum Gasteiger partial charge on any atom is -0.655 e. The normalized spacial score (nSPS) is 10.3. The Labute approximate surface area is 202 Å². The van der Waals surface area contributed by atoms with Gasteiger partial charge in [-0.3, -0.25) is 4.79 Å². The minimum absolute atomic E-state index is 0. The average molecular weight is 488 g/mol. The topological polar surface area (TPSA) is 102 Å². The van der Waals surface area contributed by atoms with Crippen molar-refractivity contribution < 1.29 is 61.7 Å². The predicted octanol–water partition coefficient (Wildman–Crippen LogP) is 2.61. The van der Waals surface area contributed by atoms with Gasteiger partial charge < -0.3 is 29.5 Å². The average Bonchev–Trinajstić information content (AvgIpc) is 2.73. The van der Waals surface area contributed by atoms with Gasteiger partial charge in [0.2, 0.25) is 5.91 Å². The van der Waals surface area contributed by atoms with Gasteiger partial charge in [0.15, 0.2) is 6.47 Å². The van der Waals surface area contributed by atoms with Crippen LogP contribution in [0.2, 0.25) is 0 Å². The summed E-state index contributed by atoms with van der Waals surface area (Å²) >= 11 is 0. The first-order valence-electron chi connectivity index (χ1n) is 9.08. The van der Waals surface area contributed by atoms with Crippen LogP contribution in [0.25, 0.3) is 0 Å². The van der Waals surface area contributed by atoms with Crippen LogP contribution in [0, 0.1) is 0 Å². The van der Waals surface area contributed by atoms with Crippen molar-refractivity contribution in [1.29, 1.82) is 0 Å². The van der Waals surface area contributed by atoms with E-state index in [0.717, 1.165) is 24.0 Å². The van der Waals surface area contributed by atoms with E-state index in [1.54, 1.807) is 24.3 Å². The Balaban J connectivity index is 0.00000154. The molecule has 30 heavy (non-hydrogen) atoms. The van der Waals surface area contributed by atoms with E-state index >= 15 is 0 Å². The quantitative estimate of drug-likeness (QED) is 0.499. The van der Waals surface area contributed by atoms with E-state index in [2.05, 4.69) is 14.8 Å². The minimum atomic E-state index is 0. The Kier molecular flexibility index (Phi) is 15.3. The summed E-state index contributed by atoms with van der Waals surface area (Å²) in [5, 5.41) is 12.2. The van der Waals surface area contributed by atoms with Crippen molar-refractivity contribution in [3.8, 4) is 11.5 Å². The van der Waals surface area contributed by atoms with E-state index in [-0.39, 0.29) is 50.4 Å². The monoisotopic (exact) mass is 488 g/mol. The van der Waals surface area contributed by atoms with E-state index in [0.29, 0.717) is 18.6 Å². The van der Waals surface area contributed by atoms with Crippen LogP contribution >= 0.6 is 0 Å². The van der Waals surface area contributed by atoms with Crippen molar-refractivity contribution in [3.63, 3.8) is 0 Å². The Morgan fingerprint density at radius 3 is 2.07 bits per heavy atom. The Hall–Kier alpha value is -2.25. The molecule has 0 aliphatic heterocycles. The second-order valence-electron chi connectivity index (χ2n) is 6.29. The van der Waals surface area contributed by atoms with Gasteiger partial charge in [0, 0.05) is 52.3 Å². The number of carbonyl (C=O) groups excluding carboxylic acids is 3. The third-order valence-electron chi connectivity index (χ3n) is 4.02. The van der Waals surface area contributed by atoms with Crippen molar-refractivity contribution >= 4 is 18.9 Å². The van der Waals surface area contributed by atoms with Gasteiger partial charge in [0.25, 0.3) is 0 Å². The van der Waals surface area contributed by atoms with Gasteiger partial charge >= 0.3 is 0 Å². The zero-order valence-corrected chi connectivity index (χ0v) is 19.9. The summed E-state index contributed by atoms with van der Waals surface area (Å²) < 4.78 is 8.37. The molecule has 2 N–H and O–H groups in total. The standard InChI is InChI=1S/C20H22NO4.C2H3O2.Y/c1-15(2-3-16-6-11-19(12-7-16)25-14-22)21-20(24)13-8-17-4-9-18(23)10-5-17;1-4-2-3;/h4-7,9-12,15,23H,2-3,8,13H2,1H3,(H,21,24);1H3;/q2*-1;. The van der Waals surface area contributed by atoms with Gasteiger partial charge in [-0.15, -0.1) is 12.1 Å². The van der Waals surface area contributed by atoms with Crippen LogP contribution in [0.15, 0.2) is 48.5 Å². The molecule has 0 heterocycles. The summed E-state index contributed by atoms with van der Waals surface area (Å²) in [4.78, 5) is 31.0. The molecule has 0 aliphatic carbocycles. The molecule has 0 saturated carbocycles. The predicted molar refractivity (Wildman–Crippen MR) is 108 cm³/mol. The molecule has 0 spiro atoms. The number of nitrogens with one attached hydrogen (secondary N) is 1. The number of rotatable bonds is 10. The number of ether oxygens (including phenoxy) is 2. The molecule has 1 amide bonds. The third-order valence-corrected chi connectivity index (χ3v) is 4.02. The molecule has 2 aromatic rings. The molecule has 0 saturated heterocycles. The van der Waals surface area contributed by atoms with Gasteiger partial charge in [0.1, 0.15) is 5.75 Å². The van der Waals surface area contributed by atoms with E-state index in [1.807, 2.05) is 31.2 Å². The Morgan fingerprint density at radius 2 is 1.53 bits per heavy atom. The molecule has 7 nitrogen and oxygen atoms in total. The molecule has 2 aromatic carbocycles. The first-order chi connectivity index (χ1) is 14.0. The van der Waals surface area contributed by atoms with Crippen LogP contribution in [-0.4, -0.2) is 37.1 Å². The number of carbonyl (C=O) groups is 1. The van der Waals surface area contributed by atoms with Gasteiger partial charge in [-0.1, -0.05) is 36.3 Å². The summed E-state index contributed by atoms with van der Waals surface area (Å²) in [6.45, 7) is 4.56. The number of hydrogen-bond donors (Lipinski definition) is 2. The van der Waals surface area contributed by atoms with E-state index in [9.17, 15) is 14.7 Å². The molecule has 0 fully saturated rings. The summed E-state index contributed by atoms with van der Waals surface area (Å²) in [7, 11) is 1.26. The third kappa shape index (κ3) is 12.3. The van der Waals surface area contributed by atoms with Crippen LogP contribution in [0.4, 0.5) is 0 Å². The number of benzene rings is 2. The summed E-state index contributed by atoms with van der Waals surface area (Å²) in [5.41, 5.74) is 2.14. The molecule has 0 aliphatic rings. The van der Waals surface area contributed by atoms with E-state index in [1.165, 1.54) is 20.1 Å². The summed E-state index contributed by atoms with van der Waals surface area (Å²) in [6, 6.07) is 14.2. The largest absolute Gasteiger partial charge is 0.655 e. The molecular weight excluding hydrogens is 463 g/mol. The van der Waals surface area contributed by atoms with Crippen LogP contribution < -0.4 is 10.1 Å². The zero-order valence-electron chi connectivity index (χ0n) is 17.1. The molecule has 0 bridgehead atoms. The van der Waals surface area contributed by atoms with Crippen LogP contribution in [-0.2, 0) is 64.7 Å². The molecule has 2 rings (SSSR count). The molecule has 8 heteroatoms. The number of aryl methyl sites for hydroxylation is 2. The van der Waals surface area contributed by atoms with Crippen LogP contribution in [0.1, 0.15) is 30.9 Å². The van der Waals surface area contributed by atoms with Gasteiger partial charge in [-0.2, -0.15) is 0 Å². The number of phenols is 1. The fraction of sp³-hybridized carbons (Fsp3) is 0.318. The van der Waals surface area contributed by atoms with Crippen LogP contribution in [0.5, 0.6) is 11.5 Å². The second-order valence-corrected chi connectivity index (χ2v) is 6.29. The van der Waals surface area contributed by atoms with Gasteiger partial charge in [-0.05, 0) is 49.6 Å². The maximum atomic E-state index is 12.0. The fourth-order valence-electron chi connectivity index (χ4n) is 2.50. The molecule has 1 radical (unpaired) electrons. The van der Waals surface area contributed by atoms with E-state index in [4.69, 9.17) is 4.79 Å². The SMILES string of the molecule is CC(CCc1ccc(O[C-]=O)cc1)NC(=O)CCc1ccc(O)cc1.CO[C-]=O.[Y]. The Morgan fingerprint density at radius 1 is 1.00 bits per heavy atom. The van der Waals surface area contributed by atoms with Crippen molar-refractivity contribution in [2.24, 2.45) is 0 Å².